The number of primary amides is 1. The molecule has 2 N–H and O–H groups in total. The predicted molar refractivity (Wildman–Crippen MR) is 149 cm³/mol. The smallest absolute Gasteiger partial charge is 0.333 e. The summed E-state index contributed by atoms with van der Waals surface area (Å²) in [5.41, 5.74) is 3.80. The maximum absolute atomic E-state index is 15.1. The lowest BCUT2D eigenvalue weighted by Crippen LogP contribution is -2.36. The fraction of sp³-hybridized carbons (Fsp3) is 0.172. The van der Waals surface area contributed by atoms with Gasteiger partial charge >= 0.3 is 6.55 Å². The highest BCUT2D eigenvalue weighted by Crippen LogP contribution is 2.41. The number of hydrogen-bond donors (Lipinski definition) is 1. The van der Waals surface area contributed by atoms with Gasteiger partial charge in [-0.15, -0.1) is 0 Å². The molecule has 1 amide bonds. The lowest BCUT2D eigenvalue weighted by molar-refractivity contribution is -0.615. The number of carbonyl (C=O) groups excluding carboxylic acids is 1. The molecule has 3 heterocycles. The Kier molecular flexibility index (Phi) is 8.73. The van der Waals surface area contributed by atoms with Crippen LogP contribution in [0.5, 0.6) is 5.75 Å². The van der Waals surface area contributed by atoms with Crippen molar-refractivity contribution in [3.63, 3.8) is 0 Å². The van der Waals surface area contributed by atoms with Crippen LogP contribution in [0.4, 0.5) is 26.3 Å². The van der Waals surface area contributed by atoms with Crippen LogP contribution in [-0.2, 0) is 6.42 Å². The van der Waals surface area contributed by atoms with E-state index in [-0.39, 0.29) is 39.4 Å². The lowest BCUT2D eigenvalue weighted by atomic mass is 9.98. The van der Waals surface area contributed by atoms with Crippen molar-refractivity contribution in [2.24, 2.45) is 5.73 Å². The Morgan fingerprint density at radius 2 is 1.84 bits per heavy atom. The minimum Gasteiger partial charge on any atom is -0.618 e. The number of nitrogens with two attached hydrogens (primary N) is 1. The Labute approximate surface area is 255 Å². The van der Waals surface area contributed by atoms with E-state index in [0.29, 0.717) is 15.8 Å². The van der Waals surface area contributed by atoms with Crippen LogP contribution in [0.1, 0.15) is 46.3 Å². The first-order valence-corrected chi connectivity index (χ1v) is 13.3. The monoisotopic (exact) mass is 650 g/mol. The largest absolute Gasteiger partial charge is 0.618 e. The fourth-order valence-electron chi connectivity index (χ4n) is 4.83. The predicted octanol–water partition coefficient (Wildman–Crippen LogP) is 6.25. The number of hydrogen-bond acceptors (Lipinski definition) is 5. The van der Waals surface area contributed by atoms with Crippen LogP contribution in [0.3, 0.4) is 0 Å². The van der Waals surface area contributed by atoms with Crippen molar-refractivity contribution in [2.45, 2.75) is 25.4 Å². The second kappa shape index (κ2) is 12.5. The van der Waals surface area contributed by atoms with Gasteiger partial charge in [-0.1, -0.05) is 23.7 Å². The van der Waals surface area contributed by atoms with Crippen molar-refractivity contribution in [3.8, 4) is 28.0 Å². The number of amides is 1. The number of nitrogens with zero attached hydrogens (tertiary/aromatic N) is 5. The Morgan fingerprint density at radius 3 is 2.47 bits per heavy atom. The van der Waals surface area contributed by atoms with Crippen LogP contribution in [0.2, 0.25) is 5.02 Å². The van der Waals surface area contributed by atoms with Gasteiger partial charge in [0.15, 0.2) is 6.20 Å². The molecule has 3 aromatic heterocycles. The third kappa shape index (κ3) is 6.16. The maximum atomic E-state index is 15.1. The molecule has 0 spiro atoms. The van der Waals surface area contributed by atoms with Gasteiger partial charge in [0, 0.05) is 35.5 Å². The van der Waals surface area contributed by atoms with Crippen molar-refractivity contribution < 1.29 is 40.6 Å². The third-order valence-electron chi connectivity index (χ3n) is 6.99. The van der Waals surface area contributed by atoms with Crippen LogP contribution in [0.25, 0.3) is 22.3 Å². The molecule has 0 aliphatic heterocycles. The van der Waals surface area contributed by atoms with Crippen LogP contribution in [-0.4, -0.2) is 32.6 Å². The molecule has 0 fully saturated rings. The van der Waals surface area contributed by atoms with E-state index in [1.807, 2.05) is 0 Å². The molecule has 2 aromatic carbocycles. The molecular weight excluding hydrogens is 630 g/mol. The van der Waals surface area contributed by atoms with E-state index in [9.17, 15) is 32.0 Å². The van der Waals surface area contributed by atoms with Crippen LogP contribution in [0, 0.1) is 16.8 Å². The van der Waals surface area contributed by atoms with Gasteiger partial charge in [-0.3, -0.25) is 9.48 Å². The van der Waals surface area contributed by atoms with Crippen LogP contribution in [0.15, 0.2) is 67.3 Å². The summed E-state index contributed by atoms with van der Waals surface area (Å²) in [6, 6.07) is 6.96. The van der Waals surface area contributed by atoms with Crippen LogP contribution >= 0.6 is 11.6 Å². The number of rotatable bonds is 10. The maximum Gasteiger partial charge on any atom is 0.333 e. The molecule has 45 heavy (non-hydrogen) atoms. The zero-order valence-electron chi connectivity index (χ0n) is 23.0. The Morgan fingerprint density at radius 1 is 1.09 bits per heavy atom. The highest BCUT2D eigenvalue weighted by atomic mass is 35.5. The second-order valence-corrected chi connectivity index (χ2v) is 10.1. The zero-order valence-corrected chi connectivity index (χ0v) is 23.7. The molecule has 0 aliphatic carbocycles. The van der Waals surface area contributed by atoms with Gasteiger partial charge in [-0.2, -0.15) is 23.7 Å². The molecular formula is C29H21ClF6N6O3. The first-order valence-electron chi connectivity index (χ1n) is 12.9. The lowest BCUT2D eigenvalue weighted by Gasteiger charge is -2.20. The Bertz CT molecular complexity index is 1900. The summed E-state index contributed by atoms with van der Waals surface area (Å²) in [6.07, 6.45) is 1.33. The Balaban J connectivity index is 1.64. The molecule has 0 saturated carbocycles. The number of halogens is 7. The van der Waals surface area contributed by atoms with Crippen molar-refractivity contribution >= 4 is 17.5 Å². The summed E-state index contributed by atoms with van der Waals surface area (Å²) in [4.78, 5) is 11.4. The topological polar surface area (TPSA) is 115 Å². The summed E-state index contributed by atoms with van der Waals surface area (Å²) in [5, 5.41) is 21.2. The summed E-state index contributed by atoms with van der Waals surface area (Å²) in [6.45, 7) is -2.94. The molecule has 5 aromatic rings. The third-order valence-corrected chi connectivity index (χ3v) is 7.28. The van der Waals surface area contributed by atoms with Gasteiger partial charge in [0.05, 0.1) is 41.2 Å². The van der Waals surface area contributed by atoms with Crippen molar-refractivity contribution in [3.05, 3.63) is 112 Å². The zero-order chi connectivity index (χ0) is 32.6. The molecule has 0 bridgehead atoms. The van der Waals surface area contributed by atoms with Gasteiger partial charge in [0.25, 0.3) is 12.3 Å². The number of ether oxygens (including phenoxy) is 1. The van der Waals surface area contributed by atoms with Crippen LogP contribution < -0.4 is 15.2 Å². The summed E-state index contributed by atoms with van der Waals surface area (Å²) < 4.78 is 91.2. The molecule has 1 unspecified atom stereocenters. The SMILES string of the molecule is COc1cc(C(Cc2ccn(C(F)F)n2)n2cc(-c3ccc(C(N)=O)c(F)c3)cn2)[n+]([O-])cc1-c1c(C(F)F)ccc(Cl)c1F. The van der Waals surface area contributed by atoms with Gasteiger partial charge in [-0.25, -0.2) is 22.2 Å². The average Bonchev–Trinajstić information content (AvgIpc) is 3.67. The van der Waals surface area contributed by atoms with Gasteiger partial charge in [0.2, 0.25) is 5.69 Å². The summed E-state index contributed by atoms with van der Waals surface area (Å²) in [7, 11) is 1.18. The number of aromatic nitrogens is 5. The summed E-state index contributed by atoms with van der Waals surface area (Å²) in [5.74, 6) is -3.22. The average molecular weight is 651 g/mol. The Hall–Kier alpha value is -5.05. The van der Waals surface area contributed by atoms with E-state index >= 15 is 4.39 Å². The van der Waals surface area contributed by atoms with E-state index in [0.717, 1.165) is 30.6 Å². The molecule has 0 radical (unpaired) electrons. The first kappa shape index (κ1) is 31.4. The quantitative estimate of drug-likeness (QED) is 0.109. The summed E-state index contributed by atoms with van der Waals surface area (Å²) >= 11 is 5.87. The number of benzene rings is 2. The van der Waals surface area contributed by atoms with E-state index in [1.54, 1.807) is 0 Å². The van der Waals surface area contributed by atoms with Gasteiger partial charge in [0.1, 0.15) is 23.4 Å². The number of alkyl halides is 4. The molecule has 0 saturated heterocycles. The number of pyridine rings is 1. The number of methoxy groups -OCH3 is 1. The van der Waals surface area contributed by atoms with Gasteiger partial charge in [-0.05, 0) is 29.8 Å². The van der Waals surface area contributed by atoms with Gasteiger partial charge < -0.3 is 15.7 Å². The molecule has 16 heteroatoms. The standard InChI is InChI=1S/C29H21ClF6N6O3/c1-45-24-10-23(42(44)13-19(24)25-18(27(33)34)4-5-20(30)26(25)32)22(9-16-6-7-40(39-16)29(35)36)41-12-15(11-38-41)14-2-3-17(28(37)43)21(31)8-14/h2-8,10-13,22,27,29H,9H2,1H3,(H2,37,43). The number of carbonyl (C=O) groups is 1. The molecule has 1 atom stereocenters. The molecule has 5 rings (SSSR count). The van der Waals surface area contributed by atoms with E-state index < -0.39 is 52.7 Å². The van der Waals surface area contributed by atoms with E-state index in [4.69, 9.17) is 22.1 Å². The minimum atomic E-state index is -3.13. The fourth-order valence-corrected chi connectivity index (χ4v) is 4.99. The highest BCUT2D eigenvalue weighted by molar-refractivity contribution is 6.31. The second-order valence-electron chi connectivity index (χ2n) is 9.69. The minimum absolute atomic E-state index is 0.117. The molecule has 9 nitrogen and oxygen atoms in total. The molecule has 0 aliphatic rings. The first-order chi connectivity index (χ1) is 21.4. The van der Waals surface area contributed by atoms with E-state index in [1.165, 1.54) is 48.5 Å². The van der Waals surface area contributed by atoms with Crippen molar-refractivity contribution in [1.82, 2.24) is 19.6 Å². The van der Waals surface area contributed by atoms with E-state index in [2.05, 4.69) is 10.2 Å². The van der Waals surface area contributed by atoms with Crippen molar-refractivity contribution in [1.29, 1.82) is 0 Å². The normalized spacial score (nSPS) is 12.2. The molecule has 234 valence electrons. The van der Waals surface area contributed by atoms with Crippen molar-refractivity contribution in [2.75, 3.05) is 7.11 Å². The highest BCUT2D eigenvalue weighted by Gasteiger charge is 2.31.